The van der Waals surface area contributed by atoms with Crippen LogP contribution < -0.4 is 43.6 Å². The molecule has 15 rings (SSSR count). The quantitative estimate of drug-likeness (QED) is 0.0284. The highest BCUT2D eigenvalue weighted by Gasteiger charge is 2.34. The highest BCUT2D eigenvalue weighted by molar-refractivity contribution is 7.94. The van der Waals surface area contributed by atoms with E-state index in [2.05, 4.69) is 132 Å². The van der Waals surface area contributed by atoms with Gasteiger partial charge in [-0.15, -0.1) is 0 Å². The molecule has 22 nitrogen and oxygen atoms in total. The third kappa shape index (κ3) is 18.5. The van der Waals surface area contributed by atoms with Crippen molar-refractivity contribution in [2.75, 3.05) is 155 Å². The summed E-state index contributed by atoms with van der Waals surface area (Å²) >= 11 is 13.8. The molecule has 9 aromatic rings. The van der Waals surface area contributed by atoms with Gasteiger partial charge in [-0.05, 0) is 169 Å². The molecule has 6 aliphatic rings. The van der Waals surface area contributed by atoms with Crippen LogP contribution in [0.25, 0.3) is 32.3 Å². The predicted molar refractivity (Wildman–Crippen MR) is 454 cm³/mol. The van der Waals surface area contributed by atoms with E-state index in [0.29, 0.717) is 125 Å². The summed E-state index contributed by atoms with van der Waals surface area (Å²) < 4.78 is 47.1. The number of sulfone groups is 1. The van der Waals surface area contributed by atoms with E-state index in [1.165, 1.54) is 16.2 Å². The van der Waals surface area contributed by atoms with Crippen LogP contribution in [0.5, 0.6) is 18.0 Å². The van der Waals surface area contributed by atoms with Crippen LogP contribution in [0.15, 0.2) is 151 Å². The van der Waals surface area contributed by atoms with E-state index in [1.54, 1.807) is 24.3 Å². The number of allylic oxidation sites excluding steroid dienone is 1. The van der Waals surface area contributed by atoms with Gasteiger partial charge in [0.05, 0.1) is 65.6 Å². The molecular weight excluding hydrogens is 1480 g/mol. The van der Waals surface area contributed by atoms with Crippen LogP contribution in [0.3, 0.4) is 0 Å². The van der Waals surface area contributed by atoms with Gasteiger partial charge >= 0.3 is 18.0 Å². The number of hydrogen-bond donors (Lipinski definition) is 0. The smallest absolute Gasteiger partial charge is 0.318 e. The molecule has 3 aromatic heterocycles. The maximum Gasteiger partial charge on any atom is 0.318 e. The Kier molecular flexibility index (Phi) is 25.0. The molecule has 0 radical (unpaired) electrons. The summed E-state index contributed by atoms with van der Waals surface area (Å²) in [4.78, 5) is 77.2. The minimum Gasteiger partial charge on any atom is -0.462 e. The van der Waals surface area contributed by atoms with E-state index in [4.69, 9.17) is 67.3 Å². The minimum absolute atomic E-state index is 0.0147. The predicted octanol–water partition coefficient (Wildman–Crippen LogP) is 13.7. The van der Waals surface area contributed by atoms with Crippen molar-refractivity contribution in [3.63, 3.8) is 0 Å². The molecule has 113 heavy (non-hydrogen) atoms. The maximum absolute atomic E-state index is 13.9. The van der Waals surface area contributed by atoms with Crippen LogP contribution in [0.4, 0.5) is 34.5 Å². The fraction of sp³-hybridized carbons (Fsp3) is 0.432. The number of anilines is 6. The number of fused-ring (bicyclic) bond motifs is 6. The Morgan fingerprint density at radius 1 is 0.513 bits per heavy atom. The van der Waals surface area contributed by atoms with E-state index in [9.17, 15) is 18.0 Å². The van der Waals surface area contributed by atoms with Crippen LogP contribution >= 0.6 is 23.2 Å². The second kappa shape index (κ2) is 35.9. The number of nitrogens with zero attached hydrogens (tertiary/aromatic N) is 15. The fourth-order valence-corrected chi connectivity index (χ4v) is 19.1. The zero-order valence-corrected chi connectivity index (χ0v) is 67.9. The molecule has 6 aliphatic heterocycles. The largest absolute Gasteiger partial charge is 0.462 e. The lowest BCUT2D eigenvalue weighted by atomic mass is 10.0. The molecular formula is C88H103Cl2N15O7S. The lowest BCUT2D eigenvalue weighted by molar-refractivity contribution is -0.114. The number of likely N-dealkylation sites (N-methyl/N-ethyl adjacent to an activating group) is 3. The van der Waals surface area contributed by atoms with Gasteiger partial charge in [-0.2, -0.15) is 29.9 Å². The standard InChI is InChI=1S/C88H103Cl2N15O7S/c1-6-22-67(106)53-99(4)84-71-39-48-103(78-36-15-24-61-23-7-8-33-69(61)78)55-75(71)91-88(96-84)112-60-66-31-20-46-102(66)47-21-52-113(108,109)51-12-11-42-98(3)83-70-40-49-104(79-37-16-27-62-25-13-34-73(89)81(62)79)56-76(70)92-86(94-83)111-59-65-30-19-45-101(65)44-10-9-32-68(107)54-100(5)85-72-41-50-105(80-38-17-28-63-26-14-35-74(90)82(63)80)57-77(72)93-87(95-85)110-58-64-29-18-43-97(64)2/h6-9,13-17,21-28,32-38,52,64-66H,10-12,18-20,29-31,39-51,53-60H2,1-5H3/b22-6-,32-9+,52-21-/t64-,65-,66-/m0/s1. The van der Waals surface area contributed by atoms with Gasteiger partial charge in [0.15, 0.2) is 21.4 Å². The van der Waals surface area contributed by atoms with Crippen molar-refractivity contribution in [3.05, 3.63) is 195 Å². The summed E-state index contributed by atoms with van der Waals surface area (Å²) in [6.07, 6.45) is 18.7. The molecule has 0 spiro atoms. The summed E-state index contributed by atoms with van der Waals surface area (Å²) in [7, 11) is 4.46. The van der Waals surface area contributed by atoms with Gasteiger partial charge in [0, 0.05) is 134 Å². The second-order valence-electron chi connectivity index (χ2n) is 31.0. The number of benzene rings is 6. The maximum atomic E-state index is 13.9. The number of ketones is 2. The van der Waals surface area contributed by atoms with E-state index in [1.807, 2.05) is 68.2 Å². The first kappa shape index (κ1) is 78.8. The Labute approximate surface area is 673 Å². The lowest BCUT2D eigenvalue weighted by Gasteiger charge is -2.33. The zero-order chi connectivity index (χ0) is 78.1. The number of rotatable bonds is 32. The molecule has 0 unspecified atom stereocenters. The number of ether oxygens (including phenoxy) is 3. The number of likely N-dealkylation sites (tertiary alicyclic amines) is 3. The highest BCUT2D eigenvalue weighted by atomic mass is 35.5. The number of carbonyl (C=O) groups excluding carboxylic acids is 2. The van der Waals surface area contributed by atoms with Gasteiger partial charge in [0.2, 0.25) is 0 Å². The number of halogens is 2. The molecule has 9 heterocycles. The molecule has 0 amide bonds. The third-order valence-electron chi connectivity index (χ3n) is 23.3. The van der Waals surface area contributed by atoms with Crippen molar-refractivity contribution in [1.82, 2.24) is 44.6 Å². The van der Waals surface area contributed by atoms with Crippen molar-refractivity contribution in [2.45, 2.75) is 122 Å². The van der Waals surface area contributed by atoms with Gasteiger partial charge in [-0.3, -0.25) is 19.4 Å². The van der Waals surface area contributed by atoms with E-state index >= 15 is 0 Å². The van der Waals surface area contributed by atoms with Crippen molar-refractivity contribution < 1.29 is 32.2 Å². The summed E-state index contributed by atoms with van der Waals surface area (Å²) in [6, 6.07) is 40.8. The summed E-state index contributed by atoms with van der Waals surface area (Å²) in [6.45, 7) is 11.8. The summed E-state index contributed by atoms with van der Waals surface area (Å²) in [5.74, 6) is 2.19. The minimum atomic E-state index is -3.53. The molecule has 25 heteroatoms. The van der Waals surface area contributed by atoms with Crippen LogP contribution in [-0.4, -0.2) is 208 Å². The number of aromatic nitrogens is 6. The molecule has 0 N–H and O–H groups in total. The van der Waals surface area contributed by atoms with Gasteiger partial charge in [0.1, 0.15) is 37.3 Å². The Bertz CT molecular complexity index is 5150. The van der Waals surface area contributed by atoms with E-state index < -0.39 is 9.84 Å². The molecule has 3 atom stereocenters. The molecule has 3 saturated heterocycles. The molecule has 0 saturated carbocycles. The third-order valence-corrected chi connectivity index (χ3v) is 25.4. The molecule has 3 fully saturated rings. The molecule has 6 aromatic carbocycles. The average molecular weight is 1590 g/mol. The van der Waals surface area contributed by atoms with E-state index in [0.717, 1.165) is 168 Å². The first-order chi connectivity index (χ1) is 55.0. The van der Waals surface area contributed by atoms with Gasteiger partial charge < -0.3 is 48.5 Å². The monoisotopic (exact) mass is 1580 g/mol. The molecule has 0 aliphatic carbocycles. The Morgan fingerprint density at radius 3 is 1.52 bits per heavy atom. The van der Waals surface area contributed by atoms with Gasteiger partial charge in [-0.1, -0.05) is 126 Å². The Morgan fingerprint density at radius 2 is 0.973 bits per heavy atom. The van der Waals surface area contributed by atoms with Crippen LogP contribution in [0.2, 0.25) is 10.0 Å². The van der Waals surface area contributed by atoms with Crippen molar-refractivity contribution in [3.8, 4) is 18.0 Å². The topological polar surface area (TPSA) is 202 Å². The summed E-state index contributed by atoms with van der Waals surface area (Å²) in [5.41, 5.74) is 8.99. The second-order valence-corrected chi connectivity index (χ2v) is 33.9. The van der Waals surface area contributed by atoms with E-state index in [-0.39, 0.29) is 48.5 Å². The molecule has 592 valence electrons. The van der Waals surface area contributed by atoms with Crippen molar-refractivity contribution >= 4 is 111 Å². The van der Waals surface area contributed by atoms with Crippen molar-refractivity contribution in [1.29, 1.82) is 0 Å². The Balaban J connectivity index is 0.562. The first-order valence-electron chi connectivity index (χ1n) is 40.2. The normalized spacial score (nSPS) is 18.3. The first-order valence-corrected chi connectivity index (χ1v) is 42.7. The van der Waals surface area contributed by atoms with Gasteiger partial charge in [0.25, 0.3) is 0 Å². The molecule has 0 bridgehead atoms. The number of carbonyl (C=O) groups is 2. The zero-order valence-electron chi connectivity index (χ0n) is 65.6. The van der Waals surface area contributed by atoms with Gasteiger partial charge in [-0.25, -0.2) is 8.42 Å². The number of unbranched alkanes of at least 4 members (excludes halogenated alkanes) is 1. The van der Waals surface area contributed by atoms with Crippen LogP contribution in [-0.2, 0) is 58.3 Å². The summed E-state index contributed by atoms with van der Waals surface area (Å²) in [5, 5.41) is 9.33. The van der Waals surface area contributed by atoms with Crippen LogP contribution in [0, 0.1) is 0 Å². The number of hydrogen-bond acceptors (Lipinski definition) is 22. The average Bonchev–Trinajstić information content (AvgIpc) is 0.832. The van der Waals surface area contributed by atoms with Crippen molar-refractivity contribution in [2.24, 2.45) is 0 Å². The lowest BCUT2D eigenvalue weighted by Crippen LogP contribution is -2.36. The Hall–Kier alpha value is -9.49. The fourth-order valence-electron chi connectivity index (χ4n) is 17.4. The SMILES string of the molecule is C/C=C\C(=O)CN(C)c1nc(OC[C@@H]2CCCN2C/C=C\S(=O)(=O)CCCCN(C)c2nc(OC[C@@H]3CCCN3CC/C=C/C(=O)CN(C)c3nc(OC[C@@H]4CCCN4C)nc4c3CCN(c3cccc5cccc(Cl)c35)C4)nc3c2CCN(c2cccc4cccc(Cl)c24)C3)nc2c1CCN(c1cccc3ccccc13)C2. The highest BCUT2D eigenvalue weighted by Crippen LogP contribution is 2.41. The van der Waals surface area contributed by atoms with Crippen LogP contribution in [0.1, 0.15) is 98.5 Å².